The first-order valence-corrected chi connectivity index (χ1v) is 11.0. The number of carbonyl (C=O) groups is 1. The van der Waals surface area contributed by atoms with Crippen molar-refractivity contribution in [3.05, 3.63) is 148 Å². The SMILES string of the molecule is O=C(/C(=C/c1cccc([N+](=O)[O-])c1)c1ccccc1)N(Cc1ccccc1)Cc1ccccc1. The van der Waals surface area contributed by atoms with Crippen molar-refractivity contribution in [3.8, 4) is 0 Å². The summed E-state index contributed by atoms with van der Waals surface area (Å²) in [5.74, 6) is -0.148. The summed E-state index contributed by atoms with van der Waals surface area (Å²) in [6.07, 6.45) is 1.73. The number of non-ortho nitro benzene ring substituents is 1. The highest BCUT2D eigenvalue weighted by Crippen LogP contribution is 2.25. The van der Waals surface area contributed by atoms with Crippen LogP contribution in [0, 0.1) is 10.1 Å². The molecular formula is C29H24N2O3. The first-order valence-electron chi connectivity index (χ1n) is 11.0. The average Bonchev–Trinajstić information content (AvgIpc) is 2.88. The molecule has 5 nitrogen and oxygen atoms in total. The minimum atomic E-state index is -0.432. The predicted octanol–water partition coefficient (Wildman–Crippen LogP) is 6.36. The van der Waals surface area contributed by atoms with E-state index in [0.717, 1.165) is 16.7 Å². The predicted molar refractivity (Wildman–Crippen MR) is 135 cm³/mol. The third kappa shape index (κ3) is 5.84. The number of nitro benzene ring substituents is 1. The van der Waals surface area contributed by atoms with Crippen molar-refractivity contribution in [1.29, 1.82) is 0 Å². The molecule has 0 aliphatic carbocycles. The minimum absolute atomic E-state index is 0.0148. The maximum atomic E-state index is 14.0. The van der Waals surface area contributed by atoms with Gasteiger partial charge in [-0.05, 0) is 28.3 Å². The molecule has 4 aromatic rings. The minimum Gasteiger partial charge on any atom is -0.330 e. The molecule has 0 bridgehead atoms. The van der Waals surface area contributed by atoms with Crippen LogP contribution in [-0.4, -0.2) is 15.7 Å². The van der Waals surface area contributed by atoms with Gasteiger partial charge in [0, 0.05) is 30.8 Å². The molecule has 0 saturated heterocycles. The Balaban J connectivity index is 1.76. The lowest BCUT2D eigenvalue weighted by molar-refractivity contribution is -0.384. The van der Waals surface area contributed by atoms with Gasteiger partial charge in [0.2, 0.25) is 0 Å². The van der Waals surface area contributed by atoms with E-state index in [1.807, 2.05) is 91.0 Å². The zero-order valence-electron chi connectivity index (χ0n) is 18.6. The van der Waals surface area contributed by atoms with Crippen LogP contribution in [0.4, 0.5) is 5.69 Å². The smallest absolute Gasteiger partial charge is 0.270 e. The first-order chi connectivity index (χ1) is 16.6. The third-order valence-corrected chi connectivity index (χ3v) is 5.43. The van der Waals surface area contributed by atoms with Gasteiger partial charge in [0.05, 0.1) is 4.92 Å². The fourth-order valence-electron chi connectivity index (χ4n) is 3.76. The van der Waals surface area contributed by atoms with Crippen LogP contribution < -0.4 is 0 Å². The van der Waals surface area contributed by atoms with Gasteiger partial charge in [0.25, 0.3) is 11.6 Å². The van der Waals surface area contributed by atoms with E-state index in [1.165, 1.54) is 12.1 Å². The molecule has 0 aliphatic heterocycles. The Bertz CT molecular complexity index is 1250. The number of hydrogen-bond acceptors (Lipinski definition) is 3. The molecule has 0 aliphatic rings. The van der Waals surface area contributed by atoms with E-state index in [1.54, 1.807) is 23.1 Å². The zero-order chi connectivity index (χ0) is 23.8. The Labute approximate surface area is 198 Å². The highest BCUT2D eigenvalue weighted by molar-refractivity contribution is 6.24. The van der Waals surface area contributed by atoms with Gasteiger partial charge >= 0.3 is 0 Å². The number of rotatable bonds is 8. The van der Waals surface area contributed by atoms with E-state index >= 15 is 0 Å². The van der Waals surface area contributed by atoms with Gasteiger partial charge in [-0.25, -0.2) is 0 Å². The van der Waals surface area contributed by atoms with Crippen LogP contribution in [0.3, 0.4) is 0 Å². The van der Waals surface area contributed by atoms with Crippen LogP contribution in [0.25, 0.3) is 11.6 Å². The summed E-state index contributed by atoms with van der Waals surface area (Å²) in [6, 6.07) is 35.4. The summed E-state index contributed by atoms with van der Waals surface area (Å²) >= 11 is 0. The van der Waals surface area contributed by atoms with Crippen LogP contribution in [0.5, 0.6) is 0 Å². The normalized spacial score (nSPS) is 11.1. The van der Waals surface area contributed by atoms with E-state index < -0.39 is 4.92 Å². The fourth-order valence-corrected chi connectivity index (χ4v) is 3.76. The molecule has 4 aromatic carbocycles. The Morgan fingerprint density at radius 2 is 1.26 bits per heavy atom. The molecule has 0 atom stereocenters. The van der Waals surface area contributed by atoms with Gasteiger partial charge in [-0.2, -0.15) is 0 Å². The topological polar surface area (TPSA) is 63.4 Å². The number of hydrogen-bond donors (Lipinski definition) is 0. The highest BCUT2D eigenvalue weighted by Gasteiger charge is 2.21. The maximum absolute atomic E-state index is 14.0. The molecule has 0 spiro atoms. The second-order valence-electron chi connectivity index (χ2n) is 7.91. The van der Waals surface area contributed by atoms with Crippen molar-refractivity contribution in [2.75, 3.05) is 0 Å². The summed E-state index contributed by atoms with van der Waals surface area (Å²) < 4.78 is 0. The zero-order valence-corrected chi connectivity index (χ0v) is 18.6. The van der Waals surface area contributed by atoms with E-state index in [0.29, 0.717) is 24.2 Å². The van der Waals surface area contributed by atoms with Crippen LogP contribution in [0.1, 0.15) is 22.3 Å². The molecule has 1 amide bonds. The van der Waals surface area contributed by atoms with Crippen LogP contribution in [0.2, 0.25) is 0 Å². The molecule has 5 heteroatoms. The highest BCUT2D eigenvalue weighted by atomic mass is 16.6. The Kier molecular flexibility index (Phi) is 7.25. The standard InChI is InChI=1S/C29H24N2O3/c32-29(30(21-23-11-4-1-5-12-23)22-24-13-6-2-7-14-24)28(26-16-8-3-9-17-26)20-25-15-10-18-27(19-25)31(33)34/h1-20H,21-22H2/b28-20+. The molecular weight excluding hydrogens is 424 g/mol. The van der Waals surface area contributed by atoms with E-state index in [4.69, 9.17) is 0 Å². The summed E-state index contributed by atoms with van der Waals surface area (Å²) in [6.45, 7) is 0.876. The molecule has 0 radical (unpaired) electrons. The van der Waals surface area contributed by atoms with E-state index in [2.05, 4.69) is 0 Å². The van der Waals surface area contributed by atoms with Crippen molar-refractivity contribution in [2.45, 2.75) is 13.1 Å². The lowest BCUT2D eigenvalue weighted by atomic mass is 10.0. The average molecular weight is 449 g/mol. The summed E-state index contributed by atoms with van der Waals surface area (Å²) in [5.41, 5.74) is 3.86. The Hall–Kier alpha value is -4.51. The molecule has 34 heavy (non-hydrogen) atoms. The Morgan fingerprint density at radius 1 is 0.735 bits per heavy atom. The van der Waals surface area contributed by atoms with Crippen LogP contribution >= 0.6 is 0 Å². The number of benzene rings is 4. The number of nitro groups is 1. The van der Waals surface area contributed by atoms with Gasteiger partial charge in [-0.1, -0.05) is 103 Å². The largest absolute Gasteiger partial charge is 0.330 e. The lowest BCUT2D eigenvalue weighted by Crippen LogP contribution is -2.30. The molecule has 0 saturated carbocycles. The molecule has 0 aromatic heterocycles. The molecule has 0 fully saturated rings. The monoisotopic (exact) mass is 448 g/mol. The van der Waals surface area contributed by atoms with Crippen molar-refractivity contribution in [2.24, 2.45) is 0 Å². The second kappa shape index (κ2) is 10.9. The van der Waals surface area contributed by atoms with Crippen molar-refractivity contribution in [1.82, 2.24) is 4.90 Å². The van der Waals surface area contributed by atoms with Crippen LogP contribution in [-0.2, 0) is 17.9 Å². The van der Waals surface area contributed by atoms with Gasteiger partial charge < -0.3 is 4.90 Å². The second-order valence-corrected chi connectivity index (χ2v) is 7.91. The van der Waals surface area contributed by atoms with Crippen molar-refractivity contribution < 1.29 is 9.72 Å². The summed E-state index contributed by atoms with van der Waals surface area (Å²) in [7, 11) is 0. The summed E-state index contributed by atoms with van der Waals surface area (Å²) in [5, 5.41) is 11.3. The number of nitrogens with zero attached hydrogens (tertiary/aromatic N) is 2. The number of carbonyl (C=O) groups excluding carboxylic acids is 1. The van der Waals surface area contributed by atoms with Crippen molar-refractivity contribution in [3.63, 3.8) is 0 Å². The van der Waals surface area contributed by atoms with Gasteiger partial charge in [-0.15, -0.1) is 0 Å². The fraction of sp³-hybridized carbons (Fsp3) is 0.0690. The molecule has 4 rings (SSSR count). The molecule has 168 valence electrons. The first kappa shape index (κ1) is 22.7. The van der Waals surface area contributed by atoms with E-state index in [9.17, 15) is 14.9 Å². The lowest BCUT2D eigenvalue weighted by Gasteiger charge is -2.25. The third-order valence-electron chi connectivity index (χ3n) is 5.43. The molecule has 0 heterocycles. The van der Waals surface area contributed by atoms with Crippen molar-refractivity contribution >= 4 is 23.2 Å². The molecule has 0 N–H and O–H groups in total. The number of amides is 1. The van der Waals surface area contributed by atoms with Gasteiger partial charge in [-0.3, -0.25) is 14.9 Å². The summed E-state index contributed by atoms with van der Waals surface area (Å²) in [4.78, 5) is 26.6. The molecule has 0 unspecified atom stereocenters. The Morgan fingerprint density at radius 3 is 1.79 bits per heavy atom. The van der Waals surface area contributed by atoms with Crippen LogP contribution in [0.15, 0.2) is 115 Å². The maximum Gasteiger partial charge on any atom is 0.270 e. The van der Waals surface area contributed by atoms with Gasteiger partial charge in [0.15, 0.2) is 0 Å². The van der Waals surface area contributed by atoms with E-state index in [-0.39, 0.29) is 11.6 Å². The quantitative estimate of drug-likeness (QED) is 0.136. The van der Waals surface area contributed by atoms with Gasteiger partial charge in [0.1, 0.15) is 0 Å².